The summed E-state index contributed by atoms with van der Waals surface area (Å²) >= 11 is 0. The maximum absolute atomic E-state index is 14.2. The zero-order valence-corrected chi connectivity index (χ0v) is 25.2. The summed E-state index contributed by atoms with van der Waals surface area (Å²) in [4.78, 5) is 26.6. The predicted octanol–water partition coefficient (Wildman–Crippen LogP) is 5.03. The highest BCUT2D eigenvalue weighted by molar-refractivity contribution is 7.88. The van der Waals surface area contributed by atoms with Crippen LogP contribution in [0.15, 0.2) is 42.5 Å². The van der Waals surface area contributed by atoms with Gasteiger partial charge in [-0.15, -0.1) is 0 Å². The van der Waals surface area contributed by atoms with Gasteiger partial charge in [0, 0.05) is 51.4 Å². The van der Waals surface area contributed by atoms with Crippen molar-refractivity contribution in [1.29, 1.82) is 0 Å². The van der Waals surface area contributed by atoms with Crippen LogP contribution in [-0.2, 0) is 28.9 Å². The fourth-order valence-corrected chi connectivity index (χ4v) is 6.22. The van der Waals surface area contributed by atoms with E-state index in [0.717, 1.165) is 11.8 Å². The first kappa shape index (κ1) is 32.5. The van der Waals surface area contributed by atoms with E-state index in [2.05, 4.69) is 10.3 Å². The Bertz CT molecular complexity index is 1670. The minimum absolute atomic E-state index is 0.0329. The number of benzene rings is 2. The molecule has 1 N–H and O–H groups in total. The Kier molecular flexibility index (Phi) is 8.74. The van der Waals surface area contributed by atoms with Crippen LogP contribution in [0, 0.1) is 6.92 Å². The fraction of sp³-hybridized carbons (Fsp3) is 0.414. The summed E-state index contributed by atoms with van der Waals surface area (Å²) in [6.07, 6.45) is -8.59. The molecule has 3 aromatic rings. The highest BCUT2D eigenvalue weighted by Crippen LogP contribution is 2.38. The lowest BCUT2D eigenvalue weighted by Gasteiger charge is -2.34. The zero-order valence-electron chi connectivity index (χ0n) is 24.3. The number of carbonyl (C=O) groups excluding carboxylic acids is 1. The van der Waals surface area contributed by atoms with Crippen molar-refractivity contribution >= 4 is 27.7 Å². The van der Waals surface area contributed by atoms with Gasteiger partial charge < -0.3 is 15.1 Å². The van der Waals surface area contributed by atoms with Crippen LogP contribution < -0.4 is 10.2 Å². The summed E-state index contributed by atoms with van der Waals surface area (Å²) in [5, 5.41) is 3.15. The van der Waals surface area contributed by atoms with Crippen LogP contribution in [0.2, 0.25) is 0 Å². The van der Waals surface area contributed by atoms with E-state index in [1.165, 1.54) is 9.21 Å². The number of carbonyl (C=O) groups is 1. The topological polar surface area (TPSA) is 98.7 Å². The van der Waals surface area contributed by atoms with Gasteiger partial charge in [-0.3, -0.25) is 4.79 Å². The van der Waals surface area contributed by atoms with Crippen molar-refractivity contribution < 1.29 is 39.6 Å². The minimum atomic E-state index is -5.03. The number of nitrogens with zero attached hydrogens (tertiary/aromatic N) is 5. The van der Waals surface area contributed by atoms with Crippen LogP contribution in [0.3, 0.4) is 0 Å². The molecule has 242 valence electrons. The van der Waals surface area contributed by atoms with Crippen molar-refractivity contribution in [2.75, 3.05) is 55.7 Å². The molecule has 9 nitrogen and oxygen atoms in total. The van der Waals surface area contributed by atoms with Gasteiger partial charge in [-0.25, -0.2) is 13.4 Å². The second kappa shape index (κ2) is 12.1. The first-order valence-corrected chi connectivity index (χ1v) is 15.9. The number of halogens is 6. The lowest BCUT2D eigenvalue weighted by Crippen LogP contribution is -2.49. The van der Waals surface area contributed by atoms with Crippen molar-refractivity contribution in [2.45, 2.75) is 32.2 Å². The molecule has 0 atom stereocenters. The van der Waals surface area contributed by atoms with E-state index >= 15 is 0 Å². The molecule has 16 heteroatoms. The molecule has 1 saturated heterocycles. The van der Waals surface area contributed by atoms with Crippen LogP contribution in [0.1, 0.15) is 39.0 Å². The molecular formula is C29H30F6N6O3S. The molecule has 0 radical (unpaired) electrons. The maximum atomic E-state index is 14.2. The Labute approximate surface area is 255 Å². The van der Waals surface area contributed by atoms with Gasteiger partial charge >= 0.3 is 12.4 Å². The molecule has 45 heavy (non-hydrogen) atoms. The molecule has 5 rings (SSSR count). The van der Waals surface area contributed by atoms with E-state index in [-0.39, 0.29) is 67.4 Å². The molecule has 1 aromatic heterocycles. The lowest BCUT2D eigenvalue weighted by molar-refractivity contribution is -0.143. The highest BCUT2D eigenvalue weighted by Gasteiger charge is 2.38. The first-order chi connectivity index (χ1) is 21.0. The molecule has 2 aliphatic heterocycles. The number of sulfonamides is 1. The van der Waals surface area contributed by atoms with E-state index in [9.17, 15) is 39.6 Å². The van der Waals surface area contributed by atoms with Gasteiger partial charge in [0.2, 0.25) is 16.0 Å². The van der Waals surface area contributed by atoms with Crippen molar-refractivity contribution in [3.63, 3.8) is 0 Å². The number of rotatable bonds is 5. The standard InChI is InChI=1S/C29H30F6N6O3S/c1-18-6-3-4-7-22(18)24-23-25(38-27(37-24)39-10-12-41(13-11-39)45(2,43)44)36-8-5-9-40(26(23)42)17-19-14-20(28(30,31)32)16-21(15-19)29(33,34)35/h3-4,6-7,14-16H,5,8-13,17H2,1-2H3,(H,36,37,38). The van der Waals surface area contributed by atoms with E-state index in [1.54, 1.807) is 23.1 Å². The molecule has 0 aliphatic carbocycles. The molecule has 2 aromatic carbocycles. The maximum Gasteiger partial charge on any atom is 0.416 e. The highest BCUT2D eigenvalue weighted by atomic mass is 32.2. The summed E-state index contributed by atoms with van der Waals surface area (Å²) in [6.45, 7) is 2.64. The van der Waals surface area contributed by atoms with Gasteiger partial charge in [-0.05, 0) is 42.7 Å². The van der Waals surface area contributed by atoms with Crippen molar-refractivity contribution in [3.05, 3.63) is 70.3 Å². The number of alkyl halides is 6. The Morgan fingerprint density at radius 3 is 2.09 bits per heavy atom. The quantitative estimate of drug-likeness (QED) is 0.385. The summed E-state index contributed by atoms with van der Waals surface area (Å²) in [6, 6.07) is 8.42. The van der Waals surface area contributed by atoms with Crippen molar-refractivity contribution in [1.82, 2.24) is 19.2 Å². The number of hydrogen-bond acceptors (Lipinski definition) is 7. The monoisotopic (exact) mass is 656 g/mol. The lowest BCUT2D eigenvalue weighted by atomic mass is 9.99. The molecule has 0 bridgehead atoms. The van der Waals surface area contributed by atoms with Gasteiger partial charge in [0.25, 0.3) is 5.91 Å². The van der Waals surface area contributed by atoms with Crippen LogP contribution >= 0.6 is 0 Å². The number of piperazine rings is 1. The van der Waals surface area contributed by atoms with Crippen molar-refractivity contribution in [3.8, 4) is 11.3 Å². The molecule has 1 fully saturated rings. The van der Waals surface area contributed by atoms with E-state index in [1.807, 2.05) is 13.0 Å². The number of anilines is 2. The Hall–Kier alpha value is -3.92. The second-order valence-corrected chi connectivity index (χ2v) is 13.0. The Morgan fingerprint density at radius 2 is 1.51 bits per heavy atom. The third-order valence-electron chi connectivity index (χ3n) is 7.71. The SMILES string of the molecule is Cc1ccccc1-c1nc(N2CCN(S(C)(=O)=O)CC2)nc2c1C(=O)N(Cc1cc(C(F)(F)F)cc(C(F)(F)F)c1)CCCN2. The van der Waals surface area contributed by atoms with Gasteiger partial charge in [-0.1, -0.05) is 24.3 Å². The third-order valence-corrected chi connectivity index (χ3v) is 9.01. The van der Waals surface area contributed by atoms with Crippen LogP contribution in [-0.4, -0.2) is 79.0 Å². The Morgan fingerprint density at radius 1 is 0.889 bits per heavy atom. The smallest absolute Gasteiger partial charge is 0.369 e. The number of aryl methyl sites for hydroxylation is 1. The van der Waals surface area contributed by atoms with E-state index < -0.39 is 46.0 Å². The van der Waals surface area contributed by atoms with Crippen LogP contribution in [0.5, 0.6) is 0 Å². The summed E-state index contributed by atoms with van der Waals surface area (Å²) < 4.78 is 107. The average Bonchev–Trinajstić information content (AvgIpc) is 2.96. The number of amides is 1. The molecular weight excluding hydrogens is 626 g/mol. The molecule has 1 amide bonds. The zero-order chi connectivity index (χ0) is 32.7. The predicted molar refractivity (Wildman–Crippen MR) is 155 cm³/mol. The van der Waals surface area contributed by atoms with Gasteiger partial charge in [-0.2, -0.15) is 35.6 Å². The van der Waals surface area contributed by atoms with E-state index in [0.29, 0.717) is 30.7 Å². The average molecular weight is 657 g/mol. The molecule has 0 spiro atoms. The first-order valence-electron chi connectivity index (χ1n) is 14.0. The summed E-state index contributed by atoms with van der Waals surface area (Å²) in [5.41, 5.74) is -1.62. The van der Waals surface area contributed by atoms with Gasteiger partial charge in [0.15, 0.2) is 0 Å². The number of nitrogens with one attached hydrogen (secondary N) is 1. The Balaban J connectivity index is 1.58. The largest absolute Gasteiger partial charge is 0.416 e. The van der Waals surface area contributed by atoms with Crippen molar-refractivity contribution in [2.24, 2.45) is 0 Å². The second-order valence-electron chi connectivity index (χ2n) is 11.0. The number of aromatic nitrogens is 2. The van der Waals surface area contributed by atoms with Crippen LogP contribution in [0.25, 0.3) is 11.3 Å². The summed E-state index contributed by atoms with van der Waals surface area (Å²) in [5.74, 6) is -0.242. The number of hydrogen-bond donors (Lipinski definition) is 1. The molecule has 2 aliphatic rings. The third kappa shape index (κ3) is 7.16. The van der Waals surface area contributed by atoms with Gasteiger partial charge in [0.05, 0.1) is 23.1 Å². The fourth-order valence-electron chi connectivity index (χ4n) is 5.39. The van der Waals surface area contributed by atoms with E-state index in [4.69, 9.17) is 4.98 Å². The normalized spacial score (nSPS) is 17.0. The van der Waals surface area contributed by atoms with Crippen LogP contribution in [0.4, 0.5) is 38.1 Å². The summed E-state index contributed by atoms with van der Waals surface area (Å²) in [7, 11) is -3.39. The number of fused-ring (bicyclic) bond motifs is 1. The molecule has 0 saturated carbocycles. The molecule has 3 heterocycles. The molecule has 0 unspecified atom stereocenters. The van der Waals surface area contributed by atoms with Gasteiger partial charge in [0.1, 0.15) is 11.4 Å². The minimum Gasteiger partial charge on any atom is -0.369 e.